The first-order valence-corrected chi connectivity index (χ1v) is 25.7. The molecule has 3 heteroatoms. The number of carbonyl (C=O) groups excluding carboxylic acids is 2. The molecule has 6 aliphatic carbocycles. The fourth-order valence-corrected chi connectivity index (χ4v) is 14.4. The van der Waals surface area contributed by atoms with E-state index in [-0.39, 0.29) is 34.4 Å². The molecule has 0 saturated heterocycles. The van der Waals surface area contributed by atoms with Crippen LogP contribution in [0.25, 0.3) is 82.6 Å². The molecule has 0 spiro atoms. The van der Waals surface area contributed by atoms with Crippen LogP contribution >= 0.6 is 0 Å². The van der Waals surface area contributed by atoms with Crippen molar-refractivity contribution in [2.75, 3.05) is 0 Å². The molecule has 1 saturated carbocycles. The lowest BCUT2D eigenvalue weighted by Crippen LogP contribution is -2.39. The first-order chi connectivity index (χ1) is 34.7. The predicted molar refractivity (Wildman–Crippen MR) is 290 cm³/mol. The van der Waals surface area contributed by atoms with Gasteiger partial charge in [0.2, 0.25) is 0 Å². The van der Waals surface area contributed by atoms with E-state index in [1.165, 1.54) is 44.3 Å². The third-order valence-corrected chi connectivity index (χ3v) is 18.2. The third kappa shape index (κ3) is 5.50. The molecule has 0 unspecified atom stereocenters. The van der Waals surface area contributed by atoms with Crippen LogP contribution in [-0.2, 0) is 5.41 Å². The molecule has 71 heavy (non-hydrogen) atoms. The van der Waals surface area contributed by atoms with Gasteiger partial charge in [-0.2, -0.15) is 0 Å². The summed E-state index contributed by atoms with van der Waals surface area (Å²) in [7, 11) is 0. The van der Waals surface area contributed by atoms with Crippen LogP contribution < -0.4 is 0 Å². The lowest BCUT2D eigenvalue weighted by atomic mass is 9.60. The van der Waals surface area contributed by atoms with Crippen LogP contribution in [0, 0.1) is 11.3 Å². The number of hydrogen-bond acceptors (Lipinski definition) is 2. The molecule has 0 N–H and O–H groups in total. The number of carbonyl (C=O) groups is 2. The second-order valence-electron chi connectivity index (χ2n) is 21.9. The summed E-state index contributed by atoms with van der Waals surface area (Å²) in [5, 5.41) is 4.60. The first kappa shape index (κ1) is 41.0. The fraction of sp³-hybridized carbons (Fsp3) is 0.176. The topological polar surface area (TPSA) is 38.5 Å². The Morgan fingerprint density at radius 2 is 0.915 bits per heavy atom. The summed E-state index contributed by atoms with van der Waals surface area (Å²) in [6.07, 6.45) is 3.84. The van der Waals surface area contributed by atoms with Crippen LogP contribution in [0.4, 0.5) is 0 Å². The number of rotatable bonds is 5. The molecule has 0 aliphatic heterocycles. The van der Waals surface area contributed by atoms with Crippen LogP contribution in [-0.4, -0.2) is 16.0 Å². The molecular formula is C68H51NO2. The zero-order valence-corrected chi connectivity index (χ0v) is 40.2. The van der Waals surface area contributed by atoms with Crippen LogP contribution in [0.5, 0.6) is 0 Å². The van der Waals surface area contributed by atoms with Crippen molar-refractivity contribution >= 4 is 49.7 Å². The number of aromatic nitrogens is 1. The number of ketones is 2. The smallest absolute Gasteiger partial charge is 0.175 e. The van der Waals surface area contributed by atoms with Crippen molar-refractivity contribution in [3.8, 4) is 44.5 Å². The summed E-state index contributed by atoms with van der Waals surface area (Å²) in [5.41, 5.74) is 20.6. The maximum absolute atomic E-state index is 15.5. The van der Waals surface area contributed by atoms with Gasteiger partial charge in [0.15, 0.2) is 11.6 Å². The van der Waals surface area contributed by atoms with Gasteiger partial charge >= 0.3 is 0 Å². The zero-order chi connectivity index (χ0) is 47.5. The normalized spacial score (nSPS) is 21.0. The zero-order valence-electron chi connectivity index (χ0n) is 40.2. The van der Waals surface area contributed by atoms with Crippen molar-refractivity contribution in [1.29, 1.82) is 0 Å². The Bertz CT molecular complexity index is 3970. The number of fused-ring (bicyclic) bond motifs is 8. The third-order valence-electron chi connectivity index (χ3n) is 18.2. The molecule has 0 atom stereocenters. The van der Waals surface area contributed by atoms with Crippen LogP contribution in [0.1, 0.15) is 112 Å². The molecule has 11 aromatic rings. The largest absolute Gasteiger partial charge is 0.308 e. The highest BCUT2D eigenvalue weighted by atomic mass is 16.1. The Labute approximate surface area is 413 Å². The SMILES string of the molecule is CC(C)C12CCC(C)(CC1)c1cc3c4cc(-c5c(-c6ccccc6)cc(-c6ccccc6)cc5-c5ccccc5)cc5c6cc7c(cc6n(c3cc1C2=O)c54)C(=O)C1c2ccccc2C7c2ccccc21. The minimum atomic E-state index is -0.377. The van der Waals surface area contributed by atoms with Gasteiger partial charge in [-0.1, -0.05) is 160 Å². The van der Waals surface area contributed by atoms with Crippen LogP contribution in [0.15, 0.2) is 188 Å². The van der Waals surface area contributed by atoms with Gasteiger partial charge in [0.05, 0.1) is 22.5 Å². The number of Topliss-reactive ketones (excluding diaryl/α,β-unsaturated/α-hetero) is 2. The highest BCUT2D eigenvalue weighted by Gasteiger charge is 2.53. The van der Waals surface area contributed by atoms with Gasteiger partial charge in [0.1, 0.15) is 0 Å². The van der Waals surface area contributed by atoms with Gasteiger partial charge in [-0.15, -0.1) is 0 Å². The van der Waals surface area contributed by atoms with Crippen LogP contribution in [0.2, 0.25) is 0 Å². The molecular weight excluding hydrogens is 863 g/mol. The van der Waals surface area contributed by atoms with E-state index in [2.05, 4.69) is 213 Å². The van der Waals surface area contributed by atoms with Gasteiger partial charge < -0.3 is 4.40 Å². The summed E-state index contributed by atoms with van der Waals surface area (Å²) < 4.78 is 2.43. The van der Waals surface area contributed by atoms with Crippen molar-refractivity contribution < 1.29 is 9.59 Å². The molecule has 17 rings (SSSR count). The highest BCUT2D eigenvalue weighted by Crippen LogP contribution is 2.59. The Hall–Kier alpha value is -7.88. The van der Waals surface area contributed by atoms with E-state index in [9.17, 15) is 0 Å². The second-order valence-corrected chi connectivity index (χ2v) is 21.9. The fourth-order valence-electron chi connectivity index (χ4n) is 14.4. The van der Waals surface area contributed by atoms with Gasteiger partial charge in [-0.3, -0.25) is 9.59 Å². The monoisotopic (exact) mass is 913 g/mol. The molecule has 9 aromatic carbocycles. The van der Waals surface area contributed by atoms with E-state index in [4.69, 9.17) is 0 Å². The average molecular weight is 914 g/mol. The summed E-state index contributed by atoms with van der Waals surface area (Å²) in [5.74, 6) is 0.243. The van der Waals surface area contributed by atoms with Gasteiger partial charge in [0, 0.05) is 44.0 Å². The summed E-state index contributed by atoms with van der Waals surface area (Å²) in [4.78, 5) is 30.8. The van der Waals surface area contributed by atoms with E-state index >= 15 is 9.59 Å². The predicted octanol–water partition coefficient (Wildman–Crippen LogP) is 17.0. The number of nitrogens with zero attached hydrogens (tertiary/aromatic N) is 1. The number of benzene rings is 9. The molecule has 6 aliphatic rings. The van der Waals surface area contributed by atoms with E-state index in [1.54, 1.807) is 0 Å². The minimum absolute atomic E-state index is 0.0856. The highest BCUT2D eigenvalue weighted by molar-refractivity contribution is 6.27. The van der Waals surface area contributed by atoms with Crippen molar-refractivity contribution in [3.63, 3.8) is 0 Å². The van der Waals surface area contributed by atoms with E-state index in [0.29, 0.717) is 5.78 Å². The van der Waals surface area contributed by atoms with Crippen LogP contribution in [0.3, 0.4) is 0 Å². The first-order valence-electron chi connectivity index (χ1n) is 25.7. The summed E-state index contributed by atoms with van der Waals surface area (Å²) in [6, 6.07) is 68.7. The minimum Gasteiger partial charge on any atom is -0.308 e. The Balaban J connectivity index is 1.10. The maximum atomic E-state index is 15.5. The van der Waals surface area contributed by atoms with E-state index in [1.807, 2.05) is 0 Å². The van der Waals surface area contributed by atoms with Gasteiger partial charge in [-0.25, -0.2) is 0 Å². The maximum Gasteiger partial charge on any atom is 0.175 e. The quantitative estimate of drug-likeness (QED) is 0.173. The summed E-state index contributed by atoms with van der Waals surface area (Å²) >= 11 is 0. The van der Waals surface area contributed by atoms with E-state index < -0.39 is 0 Å². The molecule has 3 nitrogen and oxygen atoms in total. The molecule has 4 bridgehead atoms. The van der Waals surface area contributed by atoms with Gasteiger partial charge in [-0.05, 0) is 163 Å². The Kier molecular flexibility index (Phi) is 8.42. The van der Waals surface area contributed by atoms with Crippen molar-refractivity contribution in [2.45, 2.75) is 63.7 Å². The molecule has 2 heterocycles. The Morgan fingerprint density at radius 1 is 0.437 bits per heavy atom. The average Bonchev–Trinajstić information content (AvgIpc) is 3.79. The lowest BCUT2D eigenvalue weighted by Gasteiger charge is -2.42. The van der Waals surface area contributed by atoms with E-state index in [0.717, 1.165) is 108 Å². The standard InChI is InChI=1S/C68H51NO2/c1-39(2)68-29-27-67(3,28-30-68)58-36-52-55-34-44(61-49(41-19-9-5-10-20-41)31-43(40-17-7-4-8-18-40)32-50(61)42-21-11-6-12-22-42)33-54-51-35-53-56(37-59(51)69(64(54)55)60(52)38-57(58)66(68)71)65(70)63-47-25-15-13-23-45(47)62(53)46-24-14-16-26-48(46)63/h4-26,31-39,62-63H,27-30H2,1-3H3. The molecule has 1 fully saturated rings. The van der Waals surface area contributed by atoms with Crippen molar-refractivity contribution in [1.82, 2.24) is 4.40 Å². The number of hydrogen-bond donors (Lipinski definition) is 0. The molecule has 0 amide bonds. The second kappa shape index (κ2) is 14.6. The summed E-state index contributed by atoms with van der Waals surface area (Å²) in [6.45, 7) is 6.92. The lowest BCUT2D eigenvalue weighted by molar-refractivity contribution is 0.0543. The van der Waals surface area contributed by atoms with Crippen molar-refractivity contribution in [2.24, 2.45) is 11.3 Å². The van der Waals surface area contributed by atoms with Gasteiger partial charge in [0.25, 0.3) is 0 Å². The Morgan fingerprint density at radius 3 is 1.45 bits per heavy atom. The molecule has 2 aromatic heterocycles. The van der Waals surface area contributed by atoms with Crippen molar-refractivity contribution in [3.05, 3.63) is 233 Å². The molecule has 340 valence electrons. The molecule has 0 radical (unpaired) electrons.